The molecule has 1 amide bonds. The van der Waals surface area contributed by atoms with Crippen molar-refractivity contribution in [3.63, 3.8) is 0 Å². The topological polar surface area (TPSA) is 102 Å². The van der Waals surface area contributed by atoms with Crippen molar-refractivity contribution < 1.29 is 27.9 Å². The first kappa shape index (κ1) is 24.0. The Labute approximate surface area is 198 Å². The predicted molar refractivity (Wildman–Crippen MR) is 121 cm³/mol. The molecule has 0 atom stereocenters. The quantitative estimate of drug-likeness (QED) is 0.430. The maximum absolute atomic E-state index is 12.7. The Morgan fingerprint density at radius 3 is 2.54 bits per heavy atom. The van der Waals surface area contributed by atoms with Gasteiger partial charge in [0.05, 0.1) is 5.52 Å². The lowest BCUT2D eigenvalue weighted by Gasteiger charge is -2.02. The van der Waals surface area contributed by atoms with Crippen LogP contribution in [0.5, 0.6) is 0 Å². The number of fused-ring (bicyclic) bond motifs is 1. The number of halogens is 3. The van der Waals surface area contributed by atoms with Gasteiger partial charge in [-0.05, 0) is 48.6 Å². The highest BCUT2D eigenvalue weighted by atomic mass is 19.4. The molecule has 0 bridgehead atoms. The van der Waals surface area contributed by atoms with Gasteiger partial charge in [-0.3, -0.25) is 14.2 Å². The van der Waals surface area contributed by atoms with E-state index in [9.17, 15) is 18.0 Å². The Morgan fingerprint density at radius 1 is 1.11 bits per heavy atom. The summed E-state index contributed by atoms with van der Waals surface area (Å²) in [6.45, 7) is 1.48. The fourth-order valence-corrected chi connectivity index (χ4v) is 3.43. The van der Waals surface area contributed by atoms with Crippen LogP contribution in [0.15, 0.2) is 67.4 Å². The van der Waals surface area contributed by atoms with E-state index in [0.29, 0.717) is 11.6 Å². The summed E-state index contributed by atoms with van der Waals surface area (Å²) in [7, 11) is 0. The zero-order valence-electron chi connectivity index (χ0n) is 18.4. The van der Waals surface area contributed by atoms with Gasteiger partial charge in [-0.1, -0.05) is 12.1 Å². The van der Waals surface area contributed by atoms with Crippen LogP contribution in [0.3, 0.4) is 0 Å². The SMILES string of the molecule is O=C(NCC1CC1)c1nc(-c2ccn(Cc3cccnc3)c2)n2ccccc12.O=C(O)C(F)(F)F. The largest absolute Gasteiger partial charge is 0.490 e. The van der Waals surface area contributed by atoms with E-state index in [1.165, 1.54) is 12.8 Å². The Kier molecular flexibility index (Phi) is 6.85. The molecule has 0 unspecified atom stereocenters. The number of nitrogens with one attached hydrogen (secondary N) is 1. The molecule has 4 aromatic rings. The fraction of sp³-hybridized carbons (Fsp3) is 0.250. The normalized spacial score (nSPS) is 13.2. The summed E-state index contributed by atoms with van der Waals surface area (Å²) in [5, 5.41) is 10.2. The molecule has 1 aliphatic carbocycles. The summed E-state index contributed by atoms with van der Waals surface area (Å²) in [5.41, 5.74) is 3.42. The fourth-order valence-electron chi connectivity index (χ4n) is 3.43. The van der Waals surface area contributed by atoms with Gasteiger partial charge in [0.1, 0.15) is 5.82 Å². The van der Waals surface area contributed by atoms with E-state index in [2.05, 4.69) is 27.1 Å². The van der Waals surface area contributed by atoms with Gasteiger partial charge in [-0.2, -0.15) is 13.2 Å². The van der Waals surface area contributed by atoms with Gasteiger partial charge >= 0.3 is 12.1 Å². The summed E-state index contributed by atoms with van der Waals surface area (Å²) in [5.74, 6) is -1.44. The van der Waals surface area contributed by atoms with Crippen molar-refractivity contribution in [2.24, 2.45) is 5.92 Å². The minimum atomic E-state index is -5.08. The molecule has 4 heterocycles. The van der Waals surface area contributed by atoms with Crippen LogP contribution in [0.4, 0.5) is 13.2 Å². The van der Waals surface area contributed by atoms with Gasteiger partial charge in [0.2, 0.25) is 0 Å². The molecule has 0 aliphatic heterocycles. The van der Waals surface area contributed by atoms with Crippen LogP contribution in [0.25, 0.3) is 16.9 Å². The van der Waals surface area contributed by atoms with E-state index < -0.39 is 12.1 Å². The number of carbonyl (C=O) groups is 2. The van der Waals surface area contributed by atoms with E-state index in [-0.39, 0.29) is 5.91 Å². The molecule has 11 heteroatoms. The summed E-state index contributed by atoms with van der Waals surface area (Å²) >= 11 is 0. The molecule has 1 saturated carbocycles. The molecule has 0 spiro atoms. The van der Waals surface area contributed by atoms with Crippen molar-refractivity contribution in [2.45, 2.75) is 25.6 Å². The molecular formula is C24H22F3N5O3. The minimum absolute atomic E-state index is 0.100. The number of rotatable bonds is 6. The molecule has 8 nitrogen and oxygen atoms in total. The van der Waals surface area contributed by atoms with Gasteiger partial charge in [-0.25, -0.2) is 9.78 Å². The lowest BCUT2D eigenvalue weighted by molar-refractivity contribution is -0.192. The molecule has 2 N–H and O–H groups in total. The minimum Gasteiger partial charge on any atom is -0.475 e. The van der Waals surface area contributed by atoms with Crippen molar-refractivity contribution >= 4 is 17.4 Å². The van der Waals surface area contributed by atoms with Crippen LogP contribution in [0.2, 0.25) is 0 Å². The lowest BCUT2D eigenvalue weighted by atomic mass is 10.3. The number of carboxylic acids is 1. The molecule has 0 aromatic carbocycles. The first-order valence-electron chi connectivity index (χ1n) is 10.8. The standard InChI is InChI=1S/C22H21N5O.C2HF3O2/c28-22(24-13-16-6-7-16)20-19-5-1-2-10-27(19)21(25-20)18-8-11-26(15-18)14-17-4-3-9-23-12-17;3-2(4,5)1(6)7/h1-5,8-12,15-16H,6-7,13-14H2,(H,24,28);(H,6,7). The monoisotopic (exact) mass is 485 g/mol. The van der Waals surface area contributed by atoms with E-state index >= 15 is 0 Å². The highest BCUT2D eigenvalue weighted by Crippen LogP contribution is 2.28. The number of imidazole rings is 1. The third kappa shape index (κ3) is 6.05. The summed E-state index contributed by atoms with van der Waals surface area (Å²) < 4.78 is 35.8. The zero-order chi connectivity index (χ0) is 25.0. The molecule has 1 aliphatic rings. The van der Waals surface area contributed by atoms with Crippen LogP contribution >= 0.6 is 0 Å². The molecule has 5 rings (SSSR count). The molecule has 1 fully saturated rings. The molecule has 4 aromatic heterocycles. The number of carbonyl (C=O) groups excluding carboxylic acids is 1. The van der Waals surface area contributed by atoms with Crippen molar-refractivity contribution in [3.8, 4) is 11.4 Å². The van der Waals surface area contributed by atoms with Gasteiger partial charge in [-0.15, -0.1) is 0 Å². The second kappa shape index (κ2) is 10.00. The average molecular weight is 485 g/mol. The second-order valence-corrected chi connectivity index (χ2v) is 8.13. The average Bonchev–Trinajstić information content (AvgIpc) is 3.42. The van der Waals surface area contributed by atoms with Gasteiger partial charge < -0.3 is 15.0 Å². The Morgan fingerprint density at radius 2 is 1.89 bits per heavy atom. The first-order chi connectivity index (χ1) is 16.7. The number of carboxylic acid groups (broad SMARTS) is 1. The van der Waals surface area contributed by atoms with Gasteiger partial charge in [0, 0.05) is 49.6 Å². The van der Waals surface area contributed by atoms with Crippen LogP contribution in [0.1, 0.15) is 28.9 Å². The van der Waals surface area contributed by atoms with Crippen LogP contribution in [0, 0.1) is 5.92 Å². The Hall–Kier alpha value is -4.15. The number of aromatic nitrogens is 4. The molecule has 0 radical (unpaired) electrons. The zero-order valence-corrected chi connectivity index (χ0v) is 18.4. The van der Waals surface area contributed by atoms with Crippen molar-refractivity contribution in [1.82, 2.24) is 24.3 Å². The number of pyridine rings is 2. The summed E-state index contributed by atoms with van der Waals surface area (Å²) in [6.07, 6.45) is 7.01. The third-order valence-electron chi connectivity index (χ3n) is 5.35. The number of hydrogen-bond acceptors (Lipinski definition) is 4. The molecule has 35 heavy (non-hydrogen) atoms. The summed E-state index contributed by atoms with van der Waals surface area (Å²) in [6, 6.07) is 11.9. The number of alkyl halides is 3. The summed E-state index contributed by atoms with van der Waals surface area (Å²) in [4.78, 5) is 30.5. The van der Waals surface area contributed by atoms with E-state index in [0.717, 1.165) is 35.6 Å². The van der Waals surface area contributed by atoms with Crippen LogP contribution in [-0.4, -0.2) is 48.6 Å². The highest BCUT2D eigenvalue weighted by molar-refractivity contribution is 6.00. The number of hydrogen-bond donors (Lipinski definition) is 2. The molecule has 182 valence electrons. The second-order valence-electron chi connectivity index (χ2n) is 8.13. The maximum Gasteiger partial charge on any atom is 0.490 e. The van der Waals surface area contributed by atoms with Crippen molar-refractivity contribution in [2.75, 3.05) is 6.54 Å². The Bertz CT molecular complexity index is 1330. The Balaban J connectivity index is 0.000000364. The number of amides is 1. The highest BCUT2D eigenvalue weighted by Gasteiger charge is 2.38. The molecular weight excluding hydrogens is 463 g/mol. The third-order valence-corrected chi connectivity index (χ3v) is 5.35. The van der Waals surface area contributed by atoms with Crippen LogP contribution in [-0.2, 0) is 11.3 Å². The smallest absolute Gasteiger partial charge is 0.475 e. The van der Waals surface area contributed by atoms with Crippen molar-refractivity contribution in [1.29, 1.82) is 0 Å². The van der Waals surface area contributed by atoms with Crippen LogP contribution < -0.4 is 5.32 Å². The number of nitrogens with zero attached hydrogens (tertiary/aromatic N) is 4. The number of aliphatic carboxylic acids is 1. The van der Waals surface area contributed by atoms with E-state index in [1.807, 2.05) is 53.3 Å². The van der Waals surface area contributed by atoms with Gasteiger partial charge in [0.15, 0.2) is 5.69 Å². The lowest BCUT2D eigenvalue weighted by Crippen LogP contribution is -2.26. The maximum atomic E-state index is 12.7. The first-order valence-corrected chi connectivity index (χ1v) is 10.8. The van der Waals surface area contributed by atoms with Crippen molar-refractivity contribution in [3.05, 3.63) is 78.6 Å². The van der Waals surface area contributed by atoms with Gasteiger partial charge in [0.25, 0.3) is 5.91 Å². The van der Waals surface area contributed by atoms with E-state index in [1.54, 1.807) is 6.20 Å². The predicted octanol–water partition coefficient (Wildman–Crippen LogP) is 4.02. The van der Waals surface area contributed by atoms with E-state index in [4.69, 9.17) is 14.9 Å². The molecule has 0 saturated heterocycles.